The Hall–Kier alpha value is -2.62. The van der Waals surface area contributed by atoms with Gasteiger partial charge in [0, 0.05) is 16.8 Å². The molecule has 4 heterocycles. The van der Waals surface area contributed by atoms with E-state index in [-0.39, 0.29) is 20.4 Å². The minimum atomic E-state index is -0.398. The summed E-state index contributed by atoms with van der Waals surface area (Å²) in [6.07, 6.45) is 9.52. The molecule has 4 aromatic rings. The summed E-state index contributed by atoms with van der Waals surface area (Å²) in [7, 11) is 0. The minimum Gasteiger partial charge on any atom is -0.343 e. The molecule has 6 nitrogen and oxygen atoms in total. The zero-order valence-electron chi connectivity index (χ0n) is 16.1. The van der Waals surface area contributed by atoms with Crippen LogP contribution in [0.15, 0.2) is 48.8 Å². The van der Waals surface area contributed by atoms with Gasteiger partial charge in [0.25, 0.3) is 0 Å². The third kappa shape index (κ3) is 3.56. The van der Waals surface area contributed by atoms with Gasteiger partial charge in [-0.15, -0.1) is 12.1 Å². The number of hydrogen-bond donors (Lipinski definition) is 0. The summed E-state index contributed by atoms with van der Waals surface area (Å²) in [5, 5.41) is 8.54. The fraction of sp³-hybridized carbons (Fsp3) is 0.238. The van der Waals surface area contributed by atoms with E-state index >= 15 is 0 Å². The van der Waals surface area contributed by atoms with Crippen LogP contribution >= 0.6 is 0 Å². The standard InChI is InChI=1S/C21H20N6.Pd/c1-15-7-9-17(24-19(15)26-13-5-11-22-26)21(3,4)18-10-8-16(2)20(25-18)27-14-6-12-23-27;/h5-12H,1-4H3;/q-2;+2. The summed E-state index contributed by atoms with van der Waals surface area (Å²) in [4.78, 5) is 9.75. The van der Waals surface area contributed by atoms with E-state index in [0.717, 1.165) is 34.2 Å². The Bertz CT molecular complexity index is 983. The van der Waals surface area contributed by atoms with Crippen LogP contribution in [-0.4, -0.2) is 29.5 Å². The Labute approximate surface area is 178 Å². The number of rotatable bonds is 4. The monoisotopic (exact) mass is 462 g/mol. The van der Waals surface area contributed by atoms with Gasteiger partial charge in [0.05, 0.1) is 11.6 Å². The van der Waals surface area contributed by atoms with E-state index in [2.05, 4.69) is 48.6 Å². The van der Waals surface area contributed by atoms with E-state index in [1.165, 1.54) is 0 Å². The van der Waals surface area contributed by atoms with Crippen LogP contribution in [0.2, 0.25) is 0 Å². The molecule has 4 rings (SSSR count). The van der Waals surface area contributed by atoms with E-state index in [1.54, 1.807) is 33.9 Å². The normalized spacial score (nSPS) is 11.3. The molecule has 28 heavy (non-hydrogen) atoms. The van der Waals surface area contributed by atoms with Gasteiger partial charge in [-0.3, -0.25) is 20.2 Å². The molecule has 0 aliphatic rings. The number of aromatic nitrogens is 6. The molecule has 144 valence electrons. The molecule has 0 bridgehead atoms. The number of aryl methyl sites for hydroxylation is 2. The van der Waals surface area contributed by atoms with Crippen molar-refractivity contribution in [3.8, 4) is 11.6 Å². The zero-order chi connectivity index (χ0) is 19.0. The maximum atomic E-state index is 4.88. The van der Waals surface area contributed by atoms with Gasteiger partial charge in [-0.25, -0.2) is 0 Å². The molecular weight excluding hydrogens is 443 g/mol. The molecule has 0 spiro atoms. The van der Waals surface area contributed by atoms with Crippen LogP contribution in [0, 0.1) is 26.2 Å². The first-order valence-corrected chi connectivity index (χ1v) is 8.77. The van der Waals surface area contributed by atoms with E-state index in [0.29, 0.717) is 0 Å². The molecule has 0 aliphatic carbocycles. The molecule has 0 aliphatic heterocycles. The SMILES string of the molecule is Cc1ccc(C(C)(C)c2ccc(C)c(-n3[c-]ccn3)n2)nc1-n1[c-]ccn1.[Pd+2]. The first-order valence-electron chi connectivity index (χ1n) is 8.77. The molecule has 0 saturated carbocycles. The van der Waals surface area contributed by atoms with Crippen molar-refractivity contribution in [2.75, 3.05) is 0 Å². The van der Waals surface area contributed by atoms with Gasteiger partial charge in [-0.2, -0.15) is 0 Å². The van der Waals surface area contributed by atoms with Crippen molar-refractivity contribution in [2.45, 2.75) is 33.1 Å². The van der Waals surface area contributed by atoms with Crippen LogP contribution in [0.1, 0.15) is 36.4 Å². The van der Waals surface area contributed by atoms with Crippen LogP contribution in [0.3, 0.4) is 0 Å². The third-order valence-electron chi connectivity index (χ3n) is 4.73. The van der Waals surface area contributed by atoms with Crippen LogP contribution in [0.4, 0.5) is 0 Å². The van der Waals surface area contributed by atoms with Crippen LogP contribution in [0.5, 0.6) is 0 Å². The van der Waals surface area contributed by atoms with Gasteiger partial charge in [-0.1, -0.05) is 48.0 Å². The third-order valence-corrected chi connectivity index (χ3v) is 4.73. The summed E-state index contributed by atoms with van der Waals surface area (Å²) in [6, 6.07) is 11.8. The second-order valence-corrected chi connectivity index (χ2v) is 7.04. The minimum absolute atomic E-state index is 0. The van der Waals surface area contributed by atoms with E-state index in [1.807, 2.05) is 26.0 Å². The second-order valence-electron chi connectivity index (χ2n) is 7.04. The van der Waals surface area contributed by atoms with E-state index < -0.39 is 5.41 Å². The molecule has 0 atom stereocenters. The average Bonchev–Trinajstić information content (AvgIpc) is 3.36. The maximum absolute atomic E-state index is 4.88. The van der Waals surface area contributed by atoms with Gasteiger partial charge in [0.15, 0.2) is 0 Å². The summed E-state index contributed by atoms with van der Waals surface area (Å²) in [6.45, 7) is 8.28. The summed E-state index contributed by atoms with van der Waals surface area (Å²) in [5.41, 5.74) is 3.51. The molecule has 0 N–H and O–H groups in total. The van der Waals surface area contributed by atoms with E-state index in [4.69, 9.17) is 9.97 Å². The fourth-order valence-electron chi connectivity index (χ4n) is 3.00. The van der Waals surface area contributed by atoms with Gasteiger partial charge < -0.3 is 9.36 Å². The molecular formula is C21H20N6Pd. The predicted molar refractivity (Wildman–Crippen MR) is 102 cm³/mol. The molecule has 4 aromatic heterocycles. The Kier molecular flexibility index (Phi) is 5.60. The van der Waals surface area contributed by atoms with Crippen molar-refractivity contribution in [1.29, 1.82) is 0 Å². The van der Waals surface area contributed by atoms with E-state index in [9.17, 15) is 0 Å². The predicted octanol–water partition coefficient (Wildman–Crippen LogP) is 3.39. The van der Waals surface area contributed by atoms with Crippen molar-refractivity contribution in [1.82, 2.24) is 29.5 Å². The molecule has 0 radical (unpaired) electrons. The summed E-state index contributed by atoms with van der Waals surface area (Å²) >= 11 is 0. The molecule has 7 heteroatoms. The van der Waals surface area contributed by atoms with Gasteiger partial charge in [-0.05, 0) is 39.8 Å². The molecule has 0 unspecified atom stereocenters. The summed E-state index contributed by atoms with van der Waals surface area (Å²) < 4.78 is 3.34. The molecule has 0 amide bonds. The first-order chi connectivity index (χ1) is 13.0. The smallest absolute Gasteiger partial charge is 0.343 e. The average molecular weight is 463 g/mol. The zero-order valence-corrected chi connectivity index (χ0v) is 17.7. The Balaban J connectivity index is 0.00000225. The maximum Gasteiger partial charge on any atom is 2.00 e. The Morgan fingerprint density at radius 1 is 0.750 bits per heavy atom. The summed E-state index contributed by atoms with van der Waals surface area (Å²) in [5.74, 6) is 1.55. The number of nitrogens with zero attached hydrogens (tertiary/aromatic N) is 6. The molecule has 0 saturated heterocycles. The van der Waals surface area contributed by atoms with Gasteiger partial charge in [0.1, 0.15) is 0 Å². The first kappa shape index (κ1) is 20.1. The van der Waals surface area contributed by atoms with Crippen LogP contribution in [-0.2, 0) is 25.8 Å². The van der Waals surface area contributed by atoms with Crippen molar-refractivity contribution in [3.05, 3.63) is 83.7 Å². The fourth-order valence-corrected chi connectivity index (χ4v) is 3.00. The van der Waals surface area contributed by atoms with Crippen LogP contribution < -0.4 is 0 Å². The van der Waals surface area contributed by atoms with Crippen molar-refractivity contribution in [2.24, 2.45) is 0 Å². The topological polar surface area (TPSA) is 61.4 Å². The van der Waals surface area contributed by atoms with Gasteiger partial charge >= 0.3 is 20.4 Å². The molecule has 0 fully saturated rings. The van der Waals surface area contributed by atoms with Crippen molar-refractivity contribution >= 4 is 0 Å². The largest absolute Gasteiger partial charge is 2.00 e. The quantitative estimate of drug-likeness (QED) is 0.344. The Morgan fingerprint density at radius 3 is 1.54 bits per heavy atom. The van der Waals surface area contributed by atoms with Gasteiger partial charge in [0.2, 0.25) is 0 Å². The van der Waals surface area contributed by atoms with Crippen LogP contribution in [0.25, 0.3) is 11.6 Å². The number of hydrogen-bond acceptors (Lipinski definition) is 4. The second kappa shape index (κ2) is 7.78. The molecule has 0 aromatic carbocycles. The Morgan fingerprint density at radius 2 is 1.18 bits per heavy atom. The van der Waals surface area contributed by atoms with Crippen molar-refractivity contribution in [3.63, 3.8) is 0 Å². The van der Waals surface area contributed by atoms with Crippen molar-refractivity contribution < 1.29 is 20.4 Å². The number of pyridine rings is 2.